The molecule has 3 nitrogen and oxygen atoms in total. The van der Waals surface area contributed by atoms with Gasteiger partial charge in [0.15, 0.2) is 0 Å². The number of halogens is 2. The van der Waals surface area contributed by atoms with Crippen molar-refractivity contribution in [1.82, 2.24) is 5.32 Å². The number of ether oxygens (including phenoxy) is 1. The molecule has 0 amide bonds. The zero-order valence-corrected chi connectivity index (χ0v) is 13.9. The molecule has 0 saturated carbocycles. The van der Waals surface area contributed by atoms with Crippen LogP contribution in [0, 0.1) is 11.7 Å². The van der Waals surface area contributed by atoms with E-state index >= 15 is 0 Å². The third kappa shape index (κ3) is 4.03. The van der Waals surface area contributed by atoms with E-state index in [0.717, 1.165) is 0 Å². The molecule has 1 N–H and O–H groups in total. The van der Waals surface area contributed by atoms with E-state index in [4.69, 9.17) is 4.74 Å². The maximum atomic E-state index is 13.4. The summed E-state index contributed by atoms with van der Waals surface area (Å²) in [4.78, 5) is 12.3. The lowest BCUT2D eigenvalue weighted by Crippen LogP contribution is -2.49. The topological polar surface area (TPSA) is 38.3 Å². The van der Waals surface area contributed by atoms with Crippen molar-refractivity contribution in [3.63, 3.8) is 0 Å². The fourth-order valence-corrected chi connectivity index (χ4v) is 2.16. The monoisotopic (exact) mass is 345 g/mol. The summed E-state index contributed by atoms with van der Waals surface area (Å²) in [5.41, 5.74) is -0.318. The number of esters is 1. The van der Waals surface area contributed by atoms with Gasteiger partial charge in [-0.15, -0.1) is 0 Å². The van der Waals surface area contributed by atoms with E-state index in [9.17, 15) is 9.18 Å². The highest BCUT2D eigenvalue weighted by atomic mass is 79.9. The Bertz CT molecular complexity index is 479. The molecule has 1 rings (SSSR count). The number of benzene rings is 1. The van der Waals surface area contributed by atoms with E-state index in [2.05, 4.69) is 35.1 Å². The Morgan fingerprint density at radius 2 is 2.15 bits per heavy atom. The maximum absolute atomic E-state index is 13.4. The molecule has 0 aliphatic carbocycles. The average Bonchev–Trinajstić information content (AvgIpc) is 2.39. The lowest BCUT2D eigenvalue weighted by Gasteiger charge is -2.30. The van der Waals surface area contributed by atoms with Crippen molar-refractivity contribution in [3.8, 4) is 0 Å². The van der Waals surface area contributed by atoms with Gasteiger partial charge < -0.3 is 4.74 Å². The molecule has 0 aromatic heterocycles. The number of rotatable bonds is 6. The summed E-state index contributed by atoms with van der Waals surface area (Å²) in [5.74, 6) is -0.337. The summed E-state index contributed by atoms with van der Waals surface area (Å²) in [6.45, 7) is 8.59. The van der Waals surface area contributed by atoms with Crippen molar-refractivity contribution in [2.45, 2.75) is 33.2 Å². The molecule has 1 aromatic rings. The second kappa shape index (κ2) is 7.18. The third-order valence-corrected chi connectivity index (χ3v) is 3.65. The molecule has 0 spiro atoms. The maximum Gasteiger partial charge on any atom is 0.330 e. The fraction of sp³-hybridized carbons (Fsp3) is 0.533. The average molecular weight is 346 g/mol. The van der Waals surface area contributed by atoms with Crippen LogP contribution in [0.3, 0.4) is 0 Å². The van der Waals surface area contributed by atoms with Gasteiger partial charge in [0.2, 0.25) is 0 Å². The Morgan fingerprint density at radius 1 is 1.50 bits per heavy atom. The lowest BCUT2D eigenvalue weighted by molar-refractivity contribution is -0.151. The number of hydrogen-bond donors (Lipinski definition) is 1. The largest absolute Gasteiger partial charge is 0.464 e. The van der Waals surface area contributed by atoms with E-state index in [1.807, 2.05) is 0 Å². The predicted molar refractivity (Wildman–Crippen MR) is 80.9 cm³/mol. The van der Waals surface area contributed by atoms with Crippen molar-refractivity contribution in [2.75, 3.05) is 13.2 Å². The molecule has 112 valence electrons. The van der Waals surface area contributed by atoms with Crippen LogP contribution in [0.4, 0.5) is 4.39 Å². The quantitative estimate of drug-likeness (QED) is 0.800. The van der Waals surface area contributed by atoms with Crippen molar-refractivity contribution in [3.05, 3.63) is 34.1 Å². The highest BCUT2D eigenvalue weighted by Gasteiger charge is 2.36. The van der Waals surface area contributed by atoms with Gasteiger partial charge in [0.1, 0.15) is 11.4 Å². The number of carbonyl (C=O) groups is 1. The predicted octanol–water partition coefficient (Wildman–Crippen LogP) is 3.61. The molecule has 0 aliphatic rings. The van der Waals surface area contributed by atoms with E-state index in [1.54, 1.807) is 26.0 Å². The molecule has 0 radical (unpaired) electrons. The minimum Gasteiger partial charge on any atom is -0.464 e. The molecule has 0 bridgehead atoms. The van der Waals surface area contributed by atoms with Gasteiger partial charge in [-0.05, 0) is 59.9 Å². The van der Waals surface area contributed by atoms with Crippen LogP contribution in [0.1, 0.15) is 33.3 Å². The van der Waals surface area contributed by atoms with E-state index in [0.29, 0.717) is 29.1 Å². The molecule has 0 fully saturated rings. The van der Waals surface area contributed by atoms with Crippen LogP contribution in [-0.2, 0) is 15.1 Å². The summed E-state index contributed by atoms with van der Waals surface area (Å²) in [7, 11) is 0. The molecule has 1 aromatic carbocycles. The van der Waals surface area contributed by atoms with Gasteiger partial charge in [0.25, 0.3) is 0 Å². The molecule has 5 heteroatoms. The van der Waals surface area contributed by atoms with Gasteiger partial charge in [-0.25, -0.2) is 9.18 Å². The van der Waals surface area contributed by atoms with E-state index in [1.165, 1.54) is 6.07 Å². The SMILES string of the molecule is CCOC(=O)C(C)(NCC(C)C)c1ccc(F)c(Br)c1. The normalized spacial score (nSPS) is 14.2. The Kier molecular flexibility index (Phi) is 6.14. The fourth-order valence-electron chi connectivity index (χ4n) is 1.78. The molecule has 0 heterocycles. The molecule has 20 heavy (non-hydrogen) atoms. The molecule has 1 atom stereocenters. The van der Waals surface area contributed by atoms with Crippen LogP contribution >= 0.6 is 15.9 Å². The van der Waals surface area contributed by atoms with Gasteiger partial charge in [-0.1, -0.05) is 19.9 Å². The first-order valence-corrected chi connectivity index (χ1v) is 7.48. The molecule has 0 saturated heterocycles. The third-order valence-electron chi connectivity index (χ3n) is 3.04. The Balaban J connectivity index is 3.14. The standard InChI is InChI=1S/C15H21BrFNO2/c1-5-20-14(19)15(4,18-9-10(2)3)11-6-7-13(17)12(16)8-11/h6-8,10,18H,5,9H2,1-4H3. The van der Waals surface area contributed by atoms with Crippen LogP contribution in [0.5, 0.6) is 0 Å². The summed E-state index contributed by atoms with van der Waals surface area (Å²) >= 11 is 3.15. The Hall–Kier alpha value is -0.940. The van der Waals surface area contributed by atoms with Gasteiger partial charge >= 0.3 is 5.97 Å². The van der Waals surface area contributed by atoms with Crippen LogP contribution in [0.15, 0.2) is 22.7 Å². The van der Waals surface area contributed by atoms with Crippen molar-refractivity contribution in [2.24, 2.45) is 5.92 Å². The Labute approximate surface area is 128 Å². The minimum atomic E-state index is -0.990. The summed E-state index contributed by atoms with van der Waals surface area (Å²) in [5, 5.41) is 3.23. The number of nitrogens with one attached hydrogen (secondary N) is 1. The van der Waals surface area contributed by atoms with Crippen molar-refractivity contribution < 1.29 is 13.9 Å². The van der Waals surface area contributed by atoms with E-state index < -0.39 is 5.54 Å². The smallest absolute Gasteiger partial charge is 0.330 e. The Morgan fingerprint density at radius 3 is 2.65 bits per heavy atom. The van der Waals surface area contributed by atoms with Crippen molar-refractivity contribution in [1.29, 1.82) is 0 Å². The van der Waals surface area contributed by atoms with Crippen molar-refractivity contribution >= 4 is 21.9 Å². The first kappa shape index (κ1) is 17.1. The zero-order chi connectivity index (χ0) is 15.3. The minimum absolute atomic E-state index is 0.306. The zero-order valence-electron chi connectivity index (χ0n) is 12.3. The van der Waals surface area contributed by atoms with E-state index in [-0.39, 0.29) is 11.8 Å². The molecular weight excluding hydrogens is 325 g/mol. The summed E-state index contributed by atoms with van der Waals surface area (Å²) < 4.78 is 18.9. The van der Waals surface area contributed by atoms with Crippen LogP contribution in [0.2, 0.25) is 0 Å². The second-order valence-corrected chi connectivity index (χ2v) is 6.10. The van der Waals surface area contributed by atoms with Crippen LogP contribution < -0.4 is 5.32 Å². The lowest BCUT2D eigenvalue weighted by atomic mass is 9.91. The van der Waals surface area contributed by atoms with Gasteiger partial charge in [-0.2, -0.15) is 0 Å². The van der Waals surface area contributed by atoms with Gasteiger partial charge in [-0.3, -0.25) is 5.32 Å². The summed E-state index contributed by atoms with van der Waals surface area (Å²) in [6.07, 6.45) is 0. The highest BCUT2D eigenvalue weighted by Crippen LogP contribution is 2.27. The van der Waals surface area contributed by atoms with Crippen LogP contribution in [0.25, 0.3) is 0 Å². The number of hydrogen-bond acceptors (Lipinski definition) is 3. The first-order valence-electron chi connectivity index (χ1n) is 6.69. The first-order chi connectivity index (χ1) is 9.31. The van der Waals surface area contributed by atoms with Crippen LogP contribution in [-0.4, -0.2) is 19.1 Å². The molecule has 0 aliphatic heterocycles. The van der Waals surface area contributed by atoms with Gasteiger partial charge in [0.05, 0.1) is 11.1 Å². The number of carbonyl (C=O) groups excluding carboxylic acids is 1. The molecule has 1 unspecified atom stereocenters. The highest BCUT2D eigenvalue weighted by molar-refractivity contribution is 9.10. The van der Waals surface area contributed by atoms with Gasteiger partial charge in [0, 0.05) is 0 Å². The second-order valence-electron chi connectivity index (χ2n) is 5.25. The molecular formula is C15H21BrFNO2. The summed E-state index contributed by atoms with van der Waals surface area (Å²) in [6, 6.07) is 4.55.